The molecule has 0 saturated carbocycles. The van der Waals surface area contributed by atoms with E-state index in [4.69, 9.17) is 4.74 Å². The first-order chi connectivity index (χ1) is 35.0. The van der Waals surface area contributed by atoms with E-state index in [9.17, 15) is 19.8 Å². The molecule has 0 aliphatic heterocycles. The van der Waals surface area contributed by atoms with E-state index in [0.717, 1.165) is 44.9 Å². The first-order valence-electron chi connectivity index (χ1n) is 32.1. The van der Waals surface area contributed by atoms with Crippen molar-refractivity contribution in [3.8, 4) is 0 Å². The van der Waals surface area contributed by atoms with Gasteiger partial charge in [-0.05, 0) is 57.8 Å². The molecule has 6 nitrogen and oxygen atoms in total. The molecule has 0 aromatic carbocycles. The minimum atomic E-state index is -0.845. The van der Waals surface area contributed by atoms with E-state index >= 15 is 0 Å². The van der Waals surface area contributed by atoms with Crippen LogP contribution in [0.2, 0.25) is 0 Å². The highest BCUT2D eigenvalue weighted by Gasteiger charge is 2.18. The van der Waals surface area contributed by atoms with Crippen LogP contribution in [0.3, 0.4) is 0 Å². The summed E-state index contributed by atoms with van der Waals surface area (Å²) in [6.45, 7) is 4.90. The van der Waals surface area contributed by atoms with Crippen molar-refractivity contribution in [1.82, 2.24) is 5.32 Å². The van der Waals surface area contributed by atoms with E-state index in [1.807, 2.05) is 6.08 Å². The molecule has 2 unspecified atom stereocenters. The summed E-state index contributed by atoms with van der Waals surface area (Å²) in [4.78, 5) is 24.5. The lowest BCUT2D eigenvalue weighted by Gasteiger charge is -2.20. The molecule has 0 bridgehead atoms. The van der Waals surface area contributed by atoms with Crippen LogP contribution >= 0.6 is 0 Å². The number of nitrogens with one attached hydrogen (secondary N) is 1. The van der Waals surface area contributed by atoms with E-state index in [2.05, 4.69) is 31.3 Å². The van der Waals surface area contributed by atoms with Crippen LogP contribution in [0, 0.1) is 0 Å². The molecule has 0 saturated heterocycles. The minimum Gasteiger partial charge on any atom is -0.466 e. The van der Waals surface area contributed by atoms with Gasteiger partial charge in [-0.3, -0.25) is 9.59 Å². The second-order valence-electron chi connectivity index (χ2n) is 22.1. The van der Waals surface area contributed by atoms with E-state index < -0.39 is 12.1 Å². The zero-order chi connectivity index (χ0) is 51.4. The summed E-state index contributed by atoms with van der Waals surface area (Å²) < 4.78 is 5.47. The molecule has 0 radical (unpaired) electrons. The summed E-state index contributed by atoms with van der Waals surface area (Å²) in [6.07, 6.45) is 75.1. The Bertz CT molecular complexity index is 1110. The maximum absolute atomic E-state index is 12.5. The Morgan fingerprint density at radius 3 is 1.03 bits per heavy atom. The van der Waals surface area contributed by atoms with Gasteiger partial charge in [0, 0.05) is 12.8 Å². The fourth-order valence-electron chi connectivity index (χ4n) is 10.0. The molecule has 71 heavy (non-hydrogen) atoms. The molecule has 0 aliphatic carbocycles. The van der Waals surface area contributed by atoms with Crippen LogP contribution < -0.4 is 5.32 Å². The molecule has 420 valence electrons. The van der Waals surface area contributed by atoms with Gasteiger partial charge in [-0.25, -0.2) is 0 Å². The molecule has 0 aromatic rings. The molecule has 0 fully saturated rings. The molecule has 0 spiro atoms. The number of allylic oxidation sites excluding steroid dienone is 3. The zero-order valence-electron chi connectivity index (χ0n) is 48.0. The molecule has 0 aromatic heterocycles. The Kier molecular flexibility index (Phi) is 59.5. The van der Waals surface area contributed by atoms with Crippen molar-refractivity contribution < 1.29 is 24.5 Å². The van der Waals surface area contributed by atoms with Crippen LogP contribution in [-0.2, 0) is 14.3 Å². The number of aliphatic hydroxyl groups is 2. The van der Waals surface area contributed by atoms with Gasteiger partial charge < -0.3 is 20.3 Å². The summed E-state index contributed by atoms with van der Waals surface area (Å²) in [6, 6.07) is -0.628. The summed E-state index contributed by atoms with van der Waals surface area (Å²) >= 11 is 0. The number of esters is 1. The van der Waals surface area contributed by atoms with Gasteiger partial charge in [-0.2, -0.15) is 0 Å². The highest BCUT2D eigenvalue weighted by atomic mass is 16.5. The van der Waals surface area contributed by atoms with Gasteiger partial charge in [0.05, 0.1) is 25.4 Å². The van der Waals surface area contributed by atoms with Crippen LogP contribution in [-0.4, -0.2) is 47.4 Å². The number of amides is 1. The lowest BCUT2D eigenvalue weighted by Crippen LogP contribution is -2.45. The predicted octanol–water partition coefficient (Wildman–Crippen LogP) is 20.2. The topological polar surface area (TPSA) is 95.9 Å². The lowest BCUT2D eigenvalue weighted by atomic mass is 10.0. The number of aliphatic hydroxyl groups excluding tert-OH is 2. The second kappa shape index (κ2) is 60.9. The average Bonchev–Trinajstić information content (AvgIpc) is 3.37. The van der Waals surface area contributed by atoms with Gasteiger partial charge in [-0.15, -0.1) is 0 Å². The fraction of sp³-hybridized carbons (Fsp3) is 0.908. The van der Waals surface area contributed by atoms with Crippen molar-refractivity contribution in [1.29, 1.82) is 0 Å². The number of hydrogen-bond donors (Lipinski definition) is 3. The standard InChI is InChI=1S/C65H125NO5/c1-3-5-7-9-11-13-15-17-18-19-20-25-28-31-34-37-41-45-49-53-57-63(68)62(61-67)66-64(69)58-54-50-46-42-38-35-32-29-26-23-21-22-24-27-30-33-36-40-44-48-52-56-60-71-65(70)59-55-51-47-43-39-16-14-12-10-8-6-4-2/h12,14,53,57,62-63,67-68H,3-11,13,15-52,54-56,58-61H2,1-2H3,(H,66,69)/b14-12-,57-53+. The van der Waals surface area contributed by atoms with E-state index in [1.54, 1.807) is 6.08 Å². The molecule has 3 N–H and O–H groups in total. The molecule has 1 amide bonds. The number of carbonyl (C=O) groups excluding carboxylic acids is 2. The van der Waals surface area contributed by atoms with Crippen molar-refractivity contribution in [2.24, 2.45) is 0 Å². The van der Waals surface area contributed by atoms with Crippen molar-refractivity contribution in [2.75, 3.05) is 13.2 Å². The third kappa shape index (κ3) is 57.5. The van der Waals surface area contributed by atoms with Gasteiger partial charge in [-0.1, -0.05) is 308 Å². The Morgan fingerprint density at radius 2 is 0.662 bits per heavy atom. The molecule has 6 heteroatoms. The average molecular weight is 1000 g/mol. The van der Waals surface area contributed by atoms with Crippen LogP contribution in [0.25, 0.3) is 0 Å². The first-order valence-corrected chi connectivity index (χ1v) is 32.1. The fourth-order valence-corrected chi connectivity index (χ4v) is 10.0. The lowest BCUT2D eigenvalue weighted by molar-refractivity contribution is -0.143. The van der Waals surface area contributed by atoms with Crippen molar-refractivity contribution in [3.05, 3.63) is 24.3 Å². The Morgan fingerprint density at radius 1 is 0.380 bits per heavy atom. The van der Waals surface area contributed by atoms with Crippen molar-refractivity contribution in [2.45, 2.75) is 366 Å². The van der Waals surface area contributed by atoms with E-state index in [0.29, 0.717) is 19.4 Å². The van der Waals surface area contributed by atoms with Crippen molar-refractivity contribution in [3.63, 3.8) is 0 Å². The number of hydrogen-bond acceptors (Lipinski definition) is 5. The molecule has 0 aliphatic rings. The first kappa shape index (κ1) is 69.3. The Labute approximate surface area is 443 Å². The molecular formula is C65H125NO5. The SMILES string of the molecule is CCCCC/C=C\CCCCCCCC(=O)OCCCCCCCCCCCCCCCCCCCCCCCCC(=O)NC(CO)C(O)/C=C/CCCCCCCCCCCCCCCCCCCC. The third-order valence-corrected chi connectivity index (χ3v) is 15.0. The van der Waals surface area contributed by atoms with Gasteiger partial charge in [0.1, 0.15) is 0 Å². The normalized spacial score (nSPS) is 12.7. The number of carbonyl (C=O) groups is 2. The van der Waals surface area contributed by atoms with E-state index in [-0.39, 0.29) is 18.5 Å². The largest absolute Gasteiger partial charge is 0.466 e. The Balaban J connectivity index is 3.41. The quantitative estimate of drug-likeness (QED) is 0.0320. The highest BCUT2D eigenvalue weighted by molar-refractivity contribution is 5.76. The molecule has 2 atom stereocenters. The van der Waals surface area contributed by atoms with Crippen LogP contribution in [0.15, 0.2) is 24.3 Å². The summed E-state index contributed by atoms with van der Waals surface area (Å²) in [5, 5.41) is 23.2. The van der Waals surface area contributed by atoms with Gasteiger partial charge >= 0.3 is 5.97 Å². The highest BCUT2D eigenvalue weighted by Crippen LogP contribution is 2.18. The predicted molar refractivity (Wildman–Crippen MR) is 310 cm³/mol. The van der Waals surface area contributed by atoms with Gasteiger partial charge in [0.15, 0.2) is 0 Å². The maximum Gasteiger partial charge on any atom is 0.305 e. The van der Waals surface area contributed by atoms with Gasteiger partial charge in [0.2, 0.25) is 5.91 Å². The maximum atomic E-state index is 12.5. The zero-order valence-corrected chi connectivity index (χ0v) is 48.0. The van der Waals surface area contributed by atoms with Crippen LogP contribution in [0.5, 0.6) is 0 Å². The number of rotatable bonds is 60. The smallest absolute Gasteiger partial charge is 0.305 e. The molecular weight excluding hydrogens is 875 g/mol. The van der Waals surface area contributed by atoms with Crippen molar-refractivity contribution >= 4 is 11.9 Å². The second-order valence-corrected chi connectivity index (χ2v) is 22.1. The summed E-state index contributed by atoms with van der Waals surface area (Å²) in [5.41, 5.74) is 0. The third-order valence-electron chi connectivity index (χ3n) is 15.0. The summed E-state index contributed by atoms with van der Waals surface area (Å²) in [7, 11) is 0. The number of ether oxygens (including phenoxy) is 1. The minimum absolute atomic E-state index is 0.00304. The van der Waals surface area contributed by atoms with Crippen LogP contribution in [0.4, 0.5) is 0 Å². The Hall–Kier alpha value is -1.66. The number of unbranched alkanes of at least 4 members (excludes halogenated alkanes) is 47. The van der Waals surface area contributed by atoms with Gasteiger partial charge in [0.25, 0.3) is 0 Å². The molecule has 0 rings (SSSR count). The van der Waals surface area contributed by atoms with E-state index in [1.165, 1.54) is 283 Å². The summed E-state index contributed by atoms with van der Waals surface area (Å²) in [5.74, 6) is -0.0620. The monoisotopic (exact) mass is 1000 g/mol. The molecule has 0 heterocycles. The van der Waals surface area contributed by atoms with Crippen LogP contribution in [0.1, 0.15) is 354 Å².